The van der Waals surface area contributed by atoms with Gasteiger partial charge in [-0.05, 0) is 39.1 Å². The lowest BCUT2D eigenvalue weighted by Gasteiger charge is -2.22. The molecule has 0 radical (unpaired) electrons. The van der Waals surface area contributed by atoms with E-state index in [0.29, 0.717) is 0 Å². The summed E-state index contributed by atoms with van der Waals surface area (Å²) >= 11 is 0. The number of carbonyl (C=O) groups is 1. The van der Waals surface area contributed by atoms with Gasteiger partial charge in [0, 0.05) is 0 Å². The number of amides is 1. The van der Waals surface area contributed by atoms with Crippen molar-refractivity contribution in [2.75, 3.05) is 12.4 Å². The molecule has 1 aromatic rings. The summed E-state index contributed by atoms with van der Waals surface area (Å²) in [6.45, 7) is 3.37. The highest BCUT2D eigenvalue weighted by molar-refractivity contribution is 5.97. The predicted octanol–water partition coefficient (Wildman–Crippen LogP) is 1.63. The fraction of sp³-hybridized carbons (Fsp3) is 0.333. The Morgan fingerprint density at radius 2 is 2.12 bits per heavy atom. The summed E-state index contributed by atoms with van der Waals surface area (Å²) in [5.41, 5.74) is -0.508. The largest absolute Gasteiger partial charge is 0.322 e. The first-order valence-electron chi connectivity index (χ1n) is 5.10. The van der Waals surface area contributed by atoms with Gasteiger partial charge >= 0.3 is 0 Å². The number of hydrogen-bond acceptors (Lipinski definition) is 3. The monoisotopic (exact) mass is 235 g/mol. The predicted molar refractivity (Wildman–Crippen MR) is 62.9 cm³/mol. The van der Waals surface area contributed by atoms with Crippen LogP contribution in [0.1, 0.15) is 19.4 Å². The average Bonchev–Trinajstić information content (AvgIpc) is 2.31. The minimum absolute atomic E-state index is 0.0670. The number of halogens is 1. The van der Waals surface area contributed by atoms with Crippen molar-refractivity contribution in [3.8, 4) is 6.07 Å². The maximum absolute atomic E-state index is 13.5. The Bertz CT molecular complexity index is 477. The van der Waals surface area contributed by atoms with Crippen LogP contribution >= 0.6 is 0 Å². The summed E-state index contributed by atoms with van der Waals surface area (Å²) in [6.07, 6.45) is 0. The molecule has 0 fully saturated rings. The SMILES string of the molecule is CNC(C)(C)C(=O)Nc1ccc(C#N)cc1F. The summed E-state index contributed by atoms with van der Waals surface area (Å²) in [6, 6.07) is 5.73. The molecule has 0 unspecified atom stereocenters. The second-order valence-electron chi connectivity index (χ2n) is 4.14. The van der Waals surface area contributed by atoms with Gasteiger partial charge in [0.15, 0.2) is 0 Å². The zero-order valence-electron chi connectivity index (χ0n) is 9.97. The van der Waals surface area contributed by atoms with Crippen LogP contribution in [-0.4, -0.2) is 18.5 Å². The molecule has 0 heterocycles. The molecular weight excluding hydrogens is 221 g/mol. The Morgan fingerprint density at radius 3 is 2.59 bits per heavy atom. The van der Waals surface area contributed by atoms with Gasteiger partial charge in [-0.25, -0.2) is 4.39 Å². The maximum Gasteiger partial charge on any atom is 0.244 e. The molecule has 0 saturated carbocycles. The second-order valence-corrected chi connectivity index (χ2v) is 4.14. The van der Waals surface area contributed by atoms with Gasteiger partial charge in [0.2, 0.25) is 5.91 Å². The molecule has 0 saturated heterocycles. The summed E-state index contributed by atoms with van der Waals surface area (Å²) in [4.78, 5) is 11.8. The molecule has 0 bridgehead atoms. The first-order valence-corrected chi connectivity index (χ1v) is 5.10. The van der Waals surface area contributed by atoms with Crippen LogP contribution in [0, 0.1) is 17.1 Å². The number of nitriles is 1. The van der Waals surface area contributed by atoms with Crippen LogP contribution in [0.5, 0.6) is 0 Å². The molecule has 0 aliphatic carbocycles. The van der Waals surface area contributed by atoms with Crippen molar-refractivity contribution in [2.24, 2.45) is 0 Å². The highest BCUT2D eigenvalue weighted by Gasteiger charge is 2.25. The smallest absolute Gasteiger partial charge is 0.244 e. The van der Waals surface area contributed by atoms with E-state index in [1.165, 1.54) is 12.1 Å². The van der Waals surface area contributed by atoms with Gasteiger partial charge in [-0.2, -0.15) is 5.26 Å². The molecule has 0 aromatic heterocycles. The second kappa shape index (κ2) is 4.93. The minimum atomic E-state index is -0.791. The van der Waals surface area contributed by atoms with E-state index in [-0.39, 0.29) is 17.2 Å². The van der Waals surface area contributed by atoms with Crippen molar-refractivity contribution >= 4 is 11.6 Å². The van der Waals surface area contributed by atoms with Crippen LogP contribution in [0.4, 0.5) is 10.1 Å². The third-order valence-electron chi connectivity index (χ3n) is 2.54. The maximum atomic E-state index is 13.5. The Balaban J connectivity index is 2.91. The third-order valence-corrected chi connectivity index (χ3v) is 2.54. The number of nitrogens with zero attached hydrogens (tertiary/aromatic N) is 1. The molecule has 90 valence electrons. The molecule has 5 heteroatoms. The van der Waals surface area contributed by atoms with Crippen molar-refractivity contribution in [1.82, 2.24) is 5.32 Å². The van der Waals surface area contributed by atoms with E-state index in [1.54, 1.807) is 20.9 Å². The molecule has 2 N–H and O–H groups in total. The van der Waals surface area contributed by atoms with Crippen LogP contribution < -0.4 is 10.6 Å². The van der Waals surface area contributed by atoms with Crippen molar-refractivity contribution in [3.63, 3.8) is 0 Å². The number of anilines is 1. The van der Waals surface area contributed by atoms with Gasteiger partial charge in [0.05, 0.1) is 22.9 Å². The number of likely N-dealkylation sites (N-methyl/N-ethyl adjacent to an activating group) is 1. The van der Waals surface area contributed by atoms with Gasteiger partial charge in [0.1, 0.15) is 5.82 Å². The van der Waals surface area contributed by atoms with E-state index in [4.69, 9.17) is 5.26 Å². The number of benzene rings is 1. The highest BCUT2D eigenvalue weighted by atomic mass is 19.1. The van der Waals surface area contributed by atoms with Crippen LogP contribution in [0.25, 0.3) is 0 Å². The molecular formula is C12H14FN3O. The quantitative estimate of drug-likeness (QED) is 0.837. The lowest BCUT2D eigenvalue weighted by Crippen LogP contribution is -2.48. The van der Waals surface area contributed by atoms with Crippen molar-refractivity contribution in [3.05, 3.63) is 29.6 Å². The zero-order valence-corrected chi connectivity index (χ0v) is 9.97. The molecule has 17 heavy (non-hydrogen) atoms. The Kier molecular flexibility index (Phi) is 3.81. The normalized spacial score (nSPS) is 10.8. The molecule has 0 spiro atoms. The van der Waals surface area contributed by atoms with Crippen molar-refractivity contribution < 1.29 is 9.18 Å². The number of nitrogens with one attached hydrogen (secondary N) is 2. The Morgan fingerprint density at radius 1 is 1.47 bits per heavy atom. The van der Waals surface area contributed by atoms with Crippen LogP contribution in [-0.2, 0) is 4.79 Å². The van der Waals surface area contributed by atoms with Gasteiger partial charge in [-0.3, -0.25) is 4.79 Å². The molecule has 0 aliphatic rings. The first-order chi connectivity index (χ1) is 7.90. The molecule has 1 amide bonds. The number of carbonyl (C=O) groups excluding carboxylic acids is 1. The average molecular weight is 235 g/mol. The summed E-state index contributed by atoms with van der Waals surface area (Å²) < 4.78 is 13.5. The standard InChI is InChI=1S/C12H14FN3O/c1-12(2,15-3)11(17)16-10-5-4-8(7-14)6-9(10)13/h4-6,15H,1-3H3,(H,16,17). The Labute approximate surface area is 99.4 Å². The summed E-state index contributed by atoms with van der Waals surface area (Å²) in [7, 11) is 1.65. The third kappa shape index (κ3) is 3.02. The van der Waals surface area contributed by atoms with Crippen molar-refractivity contribution in [1.29, 1.82) is 5.26 Å². The van der Waals surface area contributed by atoms with E-state index in [9.17, 15) is 9.18 Å². The molecule has 0 aliphatic heterocycles. The lowest BCUT2D eigenvalue weighted by atomic mass is 10.0. The van der Waals surface area contributed by atoms with Crippen LogP contribution in [0.3, 0.4) is 0 Å². The molecule has 1 rings (SSSR count). The summed E-state index contributed by atoms with van der Waals surface area (Å²) in [5.74, 6) is -0.965. The van der Waals surface area contributed by atoms with Gasteiger partial charge < -0.3 is 10.6 Å². The van der Waals surface area contributed by atoms with Gasteiger partial charge in [0.25, 0.3) is 0 Å². The zero-order chi connectivity index (χ0) is 13.1. The minimum Gasteiger partial charge on any atom is -0.322 e. The van der Waals surface area contributed by atoms with E-state index in [1.807, 2.05) is 6.07 Å². The molecule has 1 aromatic carbocycles. The van der Waals surface area contributed by atoms with E-state index < -0.39 is 11.4 Å². The van der Waals surface area contributed by atoms with E-state index in [2.05, 4.69) is 10.6 Å². The fourth-order valence-corrected chi connectivity index (χ4v) is 1.08. The fourth-order valence-electron chi connectivity index (χ4n) is 1.08. The first kappa shape index (κ1) is 13.1. The van der Waals surface area contributed by atoms with E-state index in [0.717, 1.165) is 6.07 Å². The Hall–Kier alpha value is -1.93. The van der Waals surface area contributed by atoms with Crippen LogP contribution in [0.15, 0.2) is 18.2 Å². The topological polar surface area (TPSA) is 64.9 Å². The number of hydrogen-bond donors (Lipinski definition) is 2. The lowest BCUT2D eigenvalue weighted by molar-refractivity contribution is -0.121. The van der Waals surface area contributed by atoms with Crippen LogP contribution in [0.2, 0.25) is 0 Å². The van der Waals surface area contributed by atoms with E-state index >= 15 is 0 Å². The van der Waals surface area contributed by atoms with Crippen molar-refractivity contribution in [2.45, 2.75) is 19.4 Å². The summed E-state index contributed by atoms with van der Waals surface area (Å²) in [5, 5.41) is 13.9. The highest BCUT2D eigenvalue weighted by Crippen LogP contribution is 2.17. The van der Waals surface area contributed by atoms with Gasteiger partial charge in [-0.15, -0.1) is 0 Å². The molecule has 4 nitrogen and oxygen atoms in total. The molecule has 0 atom stereocenters. The van der Waals surface area contributed by atoms with Gasteiger partial charge in [-0.1, -0.05) is 0 Å². The number of rotatable bonds is 3.